The first-order valence-corrected chi connectivity index (χ1v) is 8.97. The molecule has 0 amide bonds. The number of anilines is 1. The van der Waals surface area contributed by atoms with E-state index in [1.54, 1.807) is 13.3 Å². The summed E-state index contributed by atoms with van der Waals surface area (Å²) in [5.74, 6) is 2.16. The van der Waals surface area contributed by atoms with Crippen LogP contribution in [0.1, 0.15) is 24.3 Å². The average molecular weight is 346 g/mol. The molecule has 1 saturated heterocycles. The van der Waals surface area contributed by atoms with Crippen LogP contribution in [0.4, 0.5) is 5.95 Å². The van der Waals surface area contributed by atoms with Crippen molar-refractivity contribution in [3.05, 3.63) is 66.4 Å². The monoisotopic (exact) mass is 346 g/mol. The van der Waals surface area contributed by atoms with Crippen molar-refractivity contribution in [1.29, 1.82) is 0 Å². The zero-order valence-electron chi connectivity index (χ0n) is 14.9. The van der Waals surface area contributed by atoms with Crippen molar-refractivity contribution in [2.75, 3.05) is 25.1 Å². The van der Waals surface area contributed by atoms with Gasteiger partial charge in [-0.15, -0.1) is 5.10 Å². The third-order valence-electron chi connectivity index (χ3n) is 4.98. The van der Waals surface area contributed by atoms with E-state index in [9.17, 15) is 0 Å². The number of benzene rings is 2. The molecule has 0 N–H and O–H groups in total. The quantitative estimate of drug-likeness (QED) is 0.716. The summed E-state index contributed by atoms with van der Waals surface area (Å²) < 4.78 is 5.21. The molecule has 132 valence electrons. The molecule has 4 rings (SSSR count). The second-order valence-corrected chi connectivity index (χ2v) is 6.54. The van der Waals surface area contributed by atoms with Crippen LogP contribution in [0.5, 0.6) is 5.75 Å². The van der Waals surface area contributed by atoms with Gasteiger partial charge in [0.1, 0.15) is 5.75 Å². The SMILES string of the molecule is COc1ccc(-c2cnnc(N3CCC(c4ccccc4)CC3)n2)cc1. The van der Waals surface area contributed by atoms with E-state index in [4.69, 9.17) is 9.72 Å². The van der Waals surface area contributed by atoms with Crippen molar-refractivity contribution < 1.29 is 4.74 Å². The summed E-state index contributed by atoms with van der Waals surface area (Å²) in [4.78, 5) is 6.97. The summed E-state index contributed by atoms with van der Waals surface area (Å²) in [5.41, 5.74) is 3.28. The summed E-state index contributed by atoms with van der Waals surface area (Å²) in [5, 5.41) is 8.43. The van der Waals surface area contributed by atoms with E-state index in [0.717, 1.165) is 42.9 Å². The first kappa shape index (κ1) is 16.5. The molecule has 0 atom stereocenters. The molecule has 0 unspecified atom stereocenters. The van der Waals surface area contributed by atoms with Gasteiger partial charge in [-0.05, 0) is 48.6 Å². The minimum atomic E-state index is 0.616. The lowest BCUT2D eigenvalue weighted by Gasteiger charge is -2.32. The molecule has 1 aliphatic rings. The smallest absolute Gasteiger partial charge is 0.245 e. The molecular formula is C21H22N4O. The molecular weight excluding hydrogens is 324 g/mol. The van der Waals surface area contributed by atoms with Crippen molar-refractivity contribution in [3.63, 3.8) is 0 Å². The highest BCUT2D eigenvalue weighted by Crippen LogP contribution is 2.29. The highest BCUT2D eigenvalue weighted by Gasteiger charge is 2.22. The van der Waals surface area contributed by atoms with E-state index in [1.807, 2.05) is 24.3 Å². The molecule has 26 heavy (non-hydrogen) atoms. The minimum absolute atomic E-state index is 0.616. The largest absolute Gasteiger partial charge is 0.497 e. The molecule has 1 fully saturated rings. The Balaban J connectivity index is 1.47. The normalized spacial score (nSPS) is 15.0. The molecule has 1 aliphatic heterocycles. The van der Waals surface area contributed by atoms with Crippen LogP contribution in [0.25, 0.3) is 11.3 Å². The predicted molar refractivity (Wildman–Crippen MR) is 102 cm³/mol. The van der Waals surface area contributed by atoms with Crippen molar-refractivity contribution in [3.8, 4) is 17.0 Å². The molecule has 0 spiro atoms. The van der Waals surface area contributed by atoms with Crippen LogP contribution in [0.2, 0.25) is 0 Å². The third-order valence-corrected chi connectivity index (χ3v) is 4.98. The van der Waals surface area contributed by atoms with Crippen molar-refractivity contribution in [2.24, 2.45) is 0 Å². The summed E-state index contributed by atoms with van der Waals surface area (Å²) in [6.07, 6.45) is 3.93. The number of methoxy groups -OCH3 is 1. The van der Waals surface area contributed by atoms with Crippen molar-refractivity contribution in [1.82, 2.24) is 15.2 Å². The van der Waals surface area contributed by atoms with Crippen LogP contribution in [0.15, 0.2) is 60.8 Å². The van der Waals surface area contributed by atoms with Gasteiger partial charge < -0.3 is 9.64 Å². The van der Waals surface area contributed by atoms with E-state index in [0.29, 0.717) is 11.9 Å². The average Bonchev–Trinajstić information content (AvgIpc) is 2.75. The zero-order chi connectivity index (χ0) is 17.8. The Labute approximate surface area is 153 Å². The number of ether oxygens (including phenoxy) is 1. The van der Waals surface area contributed by atoms with Gasteiger partial charge in [0.15, 0.2) is 0 Å². The molecule has 5 nitrogen and oxygen atoms in total. The van der Waals surface area contributed by atoms with E-state index in [1.165, 1.54) is 5.56 Å². The molecule has 2 aromatic carbocycles. The molecule has 2 heterocycles. The van der Waals surface area contributed by atoms with Crippen molar-refractivity contribution in [2.45, 2.75) is 18.8 Å². The lowest BCUT2D eigenvalue weighted by atomic mass is 9.90. The molecule has 0 aliphatic carbocycles. The Hall–Kier alpha value is -2.95. The third kappa shape index (κ3) is 3.52. The second-order valence-electron chi connectivity index (χ2n) is 6.54. The fourth-order valence-electron chi connectivity index (χ4n) is 3.47. The Morgan fingerprint density at radius 3 is 2.38 bits per heavy atom. The van der Waals surface area contributed by atoms with E-state index in [-0.39, 0.29) is 0 Å². The van der Waals surface area contributed by atoms with Crippen LogP contribution < -0.4 is 9.64 Å². The fraction of sp³-hybridized carbons (Fsp3) is 0.286. The predicted octanol–water partition coefficient (Wildman–Crippen LogP) is 3.93. The standard InChI is InChI=1S/C21H22N4O/c1-26-19-9-7-18(8-10-19)20-15-22-24-21(23-20)25-13-11-17(12-14-25)16-5-3-2-4-6-16/h2-10,15,17H,11-14H2,1H3. The van der Waals surface area contributed by atoms with Gasteiger partial charge in [-0.2, -0.15) is 5.10 Å². The van der Waals surface area contributed by atoms with Crippen LogP contribution in [0.3, 0.4) is 0 Å². The molecule has 0 saturated carbocycles. The van der Waals surface area contributed by atoms with Crippen LogP contribution in [0, 0.1) is 0 Å². The molecule has 0 bridgehead atoms. The molecule has 0 radical (unpaired) electrons. The summed E-state index contributed by atoms with van der Waals surface area (Å²) in [7, 11) is 1.67. The van der Waals surface area contributed by atoms with Crippen LogP contribution >= 0.6 is 0 Å². The molecule has 3 aromatic rings. The number of piperidine rings is 1. The van der Waals surface area contributed by atoms with Gasteiger partial charge in [-0.3, -0.25) is 0 Å². The highest BCUT2D eigenvalue weighted by molar-refractivity contribution is 5.60. The van der Waals surface area contributed by atoms with E-state index in [2.05, 4.69) is 45.4 Å². The maximum Gasteiger partial charge on any atom is 0.245 e. The van der Waals surface area contributed by atoms with E-state index < -0.39 is 0 Å². The maximum absolute atomic E-state index is 5.21. The molecule has 1 aromatic heterocycles. The van der Waals surface area contributed by atoms with Gasteiger partial charge in [0.25, 0.3) is 0 Å². The van der Waals surface area contributed by atoms with Gasteiger partial charge in [0.05, 0.1) is 19.0 Å². The van der Waals surface area contributed by atoms with Crippen LogP contribution in [-0.4, -0.2) is 35.4 Å². The van der Waals surface area contributed by atoms with Crippen LogP contribution in [-0.2, 0) is 0 Å². The lowest BCUT2D eigenvalue weighted by Crippen LogP contribution is -2.34. The first-order chi connectivity index (χ1) is 12.8. The Morgan fingerprint density at radius 2 is 1.69 bits per heavy atom. The van der Waals surface area contributed by atoms with Gasteiger partial charge in [0.2, 0.25) is 5.95 Å². The summed E-state index contributed by atoms with van der Waals surface area (Å²) in [6.45, 7) is 1.90. The maximum atomic E-state index is 5.21. The van der Waals surface area contributed by atoms with Gasteiger partial charge >= 0.3 is 0 Å². The summed E-state index contributed by atoms with van der Waals surface area (Å²) >= 11 is 0. The number of nitrogens with zero attached hydrogens (tertiary/aromatic N) is 4. The minimum Gasteiger partial charge on any atom is -0.497 e. The number of aromatic nitrogens is 3. The number of rotatable bonds is 4. The number of hydrogen-bond donors (Lipinski definition) is 0. The number of hydrogen-bond acceptors (Lipinski definition) is 5. The first-order valence-electron chi connectivity index (χ1n) is 8.97. The van der Waals surface area contributed by atoms with Gasteiger partial charge in [-0.25, -0.2) is 4.98 Å². The zero-order valence-corrected chi connectivity index (χ0v) is 14.9. The van der Waals surface area contributed by atoms with Gasteiger partial charge in [-0.1, -0.05) is 30.3 Å². The Bertz CT molecular complexity index is 843. The second kappa shape index (κ2) is 7.52. The van der Waals surface area contributed by atoms with E-state index >= 15 is 0 Å². The van der Waals surface area contributed by atoms with Gasteiger partial charge in [0, 0.05) is 18.7 Å². The van der Waals surface area contributed by atoms with Crippen molar-refractivity contribution >= 4 is 5.95 Å². The molecule has 5 heteroatoms. The highest BCUT2D eigenvalue weighted by atomic mass is 16.5. The topological polar surface area (TPSA) is 51.1 Å². The lowest BCUT2D eigenvalue weighted by molar-refractivity contribution is 0.415. The summed E-state index contributed by atoms with van der Waals surface area (Å²) in [6, 6.07) is 18.6. The Morgan fingerprint density at radius 1 is 0.962 bits per heavy atom. The Kier molecular flexibility index (Phi) is 4.78. The fourth-order valence-corrected chi connectivity index (χ4v) is 3.47.